The molecule has 0 radical (unpaired) electrons. The third kappa shape index (κ3) is 4.26. The molecular weight excluding hydrogens is 486 g/mol. The number of rotatable bonds is 5. The summed E-state index contributed by atoms with van der Waals surface area (Å²) in [6.45, 7) is -0.0406. The van der Waals surface area contributed by atoms with Gasteiger partial charge in [0.1, 0.15) is 5.75 Å². The third-order valence-corrected chi connectivity index (χ3v) is 5.07. The topological polar surface area (TPSA) is 55.6 Å². The number of aromatic nitrogens is 2. The highest BCUT2D eigenvalue weighted by Gasteiger charge is 2.09. The molecule has 2 heterocycles. The average Bonchev–Trinajstić information content (AvgIpc) is 3.12. The minimum atomic E-state index is -0.210. The Balaban J connectivity index is 1.44. The second-order valence-corrected chi connectivity index (χ2v) is 7.86. The molecule has 140 valence electrons. The van der Waals surface area contributed by atoms with Crippen LogP contribution in [0.15, 0.2) is 82.0 Å². The number of nitrogens with zero attached hydrogens (tertiary/aromatic N) is 2. The number of benzene rings is 2. The van der Waals surface area contributed by atoms with E-state index >= 15 is 0 Å². The van der Waals surface area contributed by atoms with E-state index in [1.54, 1.807) is 0 Å². The Morgan fingerprint density at radius 2 is 1.79 bits per heavy atom. The van der Waals surface area contributed by atoms with Crippen LogP contribution in [0.2, 0.25) is 0 Å². The number of nitrogens with one attached hydrogen (secondary N) is 1. The van der Waals surface area contributed by atoms with Crippen molar-refractivity contribution in [2.75, 3.05) is 11.9 Å². The van der Waals surface area contributed by atoms with E-state index in [4.69, 9.17) is 4.74 Å². The van der Waals surface area contributed by atoms with Crippen LogP contribution in [0, 0.1) is 0 Å². The van der Waals surface area contributed by atoms with Crippen LogP contribution < -0.4 is 10.1 Å². The maximum Gasteiger partial charge on any atom is 0.262 e. The van der Waals surface area contributed by atoms with Gasteiger partial charge in [0.2, 0.25) is 0 Å². The summed E-state index contributed by atoms with van der Waals surface area (Å²) in [5.41, 5.74) is 3.36. The molecule has 2 aromatic heterocycles. The molecule has 1 N–H and O–H groups in total. The summed E-state index contributed by atoms with van der Waals surface area (Å²) in [6.07, 6.45) is 3.92. The molecule has 7 heteroatoms. The molecule has 0 saturated heterocycles. The molecule has 0 unspecified atom stereocenters. The van der Waals surface area contributed by atoms with Crippen molar-refractivity contribution in [3.05, 3.63) is 82.0 Å². The smallest absolute Gasteiger partial charge is 0.262 e. The van der Waals surface area contributed by atoms with Crippen LogP contribution in [0.5, 0.6) is 5.75 Å². The second-order valence-electron chi connectivity index (χ2n) is 6.09. The average molecular weight is 501 g/mol. The Bertz CT molecular complexity index is 1130. The molecule has 28 heavy (non-hydrogen) atoms. The summed E-state index contributed by atoms with van der Waals surface area (Å²) in [5.74, 6) is 0.454. The standard InChI is InChI=1S/C21H15Br2N3O2/c22-15-10-18(23)21-25-19(12-26(21)11-15)14-6-8-16(9-7-14)24-20(27)13-28-17-4-2-1-3-5-17/h1-12H,13H2,(H,24,27). The molecule has 0 aliphatic rings. The second kappa shape index (κ2) is 8.16. The highest BCUT2D eigenvalue weighted by molar-refractivity contribution is 9.11. The lowest BCUT2D eigenvalue weighted by atomic mass is 10.1. The quantitative estimate of drug-likeness (QED) is 0.391. The zero-order chi connectivity index (χ0) is 19.5. The molecule has 0 atom stereocenters. The number of carbonyl (C=O) groups excluding carboxylic acids is 1. The van der Waals surface area contributed by atoms with Gasteiger partial charge < -0.3 is 14.5 Å². The molecule has 0 spiro atoms. The van der Waals surface area contributed by atoms with Gasteiger partial charge in [-0.05, 0) is 62.2 Å². The first-order chi connectivity index (χ1) is 13.6. The highest BCUT2D eigenvalue weighted by Crippen LogP contribution is 2.27. The van der Waals surface area contributed by atoms with Gasteiger partial charge in [-0.1, -0.05) is 30.3 Å². The van der Waals surface area contributed by atoms with Crippen LogP contribution in [0.1, 0.15) is 0 Å². The number of para-hydroxylation sites is 1. The zero-order valence-corrected chi connectivity index (χ0v) is 17.8. The van der Waals surface area contributed by atoms with Crippen molar-refractivity contribution in [1.82, 2.24) is 9.38 Å². The molecule has 0 saturated carbocycles. The zero-order valence-electron chi connectivity index (χ0n) is 14.6. The van der Waals surface area contributed by atoms with E-state index in [1.165, 1.54) is 0 Å². The number of amides is 1. The van der Waals surface area contributed by atoms with Gasteiger partial charge >= 0.3 is 0 Å². The first-order valence-corrected chi connectivity index (χ1v) is 10.1. The van der Waals surface area contributed by atoms with E-state index in [0.29, 0.717) is 11.4 Å². The van der Waals surface area contributed by atoms with Gasteiger partial charge in [-0.25, -0.2) is 4.98 Å². The summed E-state index contributed by atoms with van der Waals surface area (Å²) in [7, 11) is 0. The summed E-state index contributed by atoms with van der Waals surface area (Å²) >= 11 is 7.01. The molecule has 0 fully saturated rings. The lowest BCUT2D eigenvalue weighted by Crippen LogP contribution is -2.20. The number of halogens is 2. The maximum absolute atomic E-state index is 12.1. The van der Waals surface area contributed by atoms with Crippen LogP contribution in [0.25, 0.3) is 16.9 Å². The summed E-state index contributed by atoms with van der Waals surface area (Å²) in [6, 6.07) is 18.8. The largest absolute Gasteiger partial charge is 0.484 e. The Labute approximate surface area is 178 Å². The number of hydrogen-bond donors (Lipinski definition) is 1. The fourth-order valence-electron chi connectivity index (χ4n) is 2.75. The van der Waals surface area contributed by atoms with E-state index in [1.807, 2.05) is 77.5 Å². The van der Waals surface area contributed by atoms with Gasteiger partial charge in [-0.15, -0.1) is 0 Å². The lowest BCUT2D eigenvalue weighted by Gasteiger charge is -2.07. The predicted molar refractivity (Wildman–Crippen MR) is 117 cm³/mol. The molecule has 0 aliphatic heterocycles. The molecule has 1 amide bonds. The van der Waals surface area contributed by atoms with Crippen LogP contribution in [0.4, 0.5) is 5.69 Å². The van der Waals surface area contributed by atoms with Crippen molar-refractivity contribution in [2.24, 2.45) is 0 Å². The van der Waals surface area contributed by atoms with Crippen LogP contribution in [0.3, 0.4) is 0 Å². The number of imidazole rings is 1. The maximum atomic E-state index is 12.1. The van der Waals surface area contributed by atoms with Crippen molar-refractivity contribution < 1.29 is 9.53 Å². The molecular formula is C21H15Br2N3O2. The number of fused-ring (bicyclic) bond motifs is 1. The fourth-order valence-corrected chi connectivity index (χ4v) is 4.05. The lowest BCUT2D eigenvalue weighted by molar-refractivity contribution is -0.118. The van der Waals surface area contributed by atoms with E-state index in [-0.39, 0.29) is 12.5 Å². The van der Waals surface area contributed by atoms with Gasteiger partial charge in [0.05, 0.1) is 10.2 Å². The molecule has 4 rings (SSSR count). The van der Waals surface area contributed by atoms with Crippen molar-refractivity contribution >= 4 is 49.1 Å². The minimum Gasteiger partial charge on any atom is -0.484 e. The third-order valence-electron chi connectivity index (χ3n) is 4.05. The number of carbonyl (C=O) groups is 1. The fraction of sp³-hybridized carbons (Fsp3) is 0.0476. The number of hydrogen-bond acceptors (Lipinski definition) is 3. The molecule has 0 bridgehead atoms. The first kappa shape index (κ1) is 18.7. The Hall–Kier alpha value is -2.64. The molecule has 4 aromatic rings. The van der Waals surface area contributed by atoms with Crippen molar-refractivity contribution in [3.63, 3.8) is 0 Å². The monoisotopic (exact) mass is 499 g/mol. The summed E-state index contributed by atoms with van der Waals surface area (Å²) in [5, 5.41) is 2.83. The first-order valence-electron chi connectivity index (χ1n) is 8.50. The number of anilines is 1. The number of ether oxygens (including phenoxy) is 1. The molecule has 5 nitrogen and oxygen atoms in total. The highest BCUT2D eigenvalue weighted by atomic mass is 79.9. The van der Waals surface area contributed by atoms with Gasteiger partial charge in [0.25, 0.3) is 5.91 Å². The van der Waals surface area contributed by atoms with Crippen molar-refractivity contribution in [1.29, 1.82) is 0 Å². The Morgan fingerprint density at radius 1 is 1.04 bits per heavy atom. The SMILES string of the molecule is O=C(COc1ccccc1)Nc1ccc(-c2cn3cc(Br)cc(Br)c3n2)cc1. The van der Waals surface area contributed by atoms with Crippen molar-refractivity contribution in [2.45, 2.75) is 0 Å². The summed E-state index contributed by atoms with van der Waals surface area (Å²) in [4.78, 5) is 16.7. The van der Waals surface area contributed by atoms with E-state index in [2.05, 4.69) is 42.2 Å². The van der Waals surface area contributed by atoms with Gasteiger partial charge in [0.15, 0.2) is 12.3 Å². The summed E-state index contributed by atoms with van der Waals surface area (Å²) < 4.78 is 9.29. The van der Waals surface area contributed by atoms with Gasteiger partial charge in [-0.3, -0.25) is 4.79 Å². The molecule has 0 aliphatic carbocycles. The van der Waals surface area contributed by atoms with E-state index in [0.717, 1.165) is 25.8 Å². The van der Waals surface area contributed by atoms with Crippen molar-refractivity contribution in [3.8, 4) is 17.0 Å². The Kier molecular flexibility index (Phi) is 5.45. The van der Waals surface area contributed by atoms with E-state index in [9.17, 15) is 4.79 Å². The van der Waals surface area contributed by atoms with Crippen LogP contribution in [-0.4, -0.2) is 21.9 Å². The molecule has 2 aromatic carbocycles. The van der Waals surface area contributed by atoms with Gasteiger partial charge in [-0.2, -0.15) is 0 Å². The van der Waals surface area contributed by atoms with Crippen LogP contribution >= 0.6 is 31.9 Å². The van der Waals surface area contributed by atoms with Crippen LogP contribution in [-0.2, 0) is 4.79 Å². The van der Waals surface area contributed by atoms with Gasteiger partial charge in [0, 0.05) is 28.1 Å². The predicted octanol–water partition coefficient (Wildman–Crippen LogP) is 5.54. The van der Waals surface area contributed by atoms with E-state index < -0.39 is 0 Å². The normalized spacial score (nSPS) is 10.8. The number of pyridine rings is 1. The Morgan fingerprint density at radius 3 is 2.54 bits per heavy atom. The minimum absolute atomic E-state index is 0.0406.